The Balaban J connectivity index is 2.08. The third-order valence-electron chi connectivity index (χ3n) is 3.22. The lowest BCUT2D eigenvalue weighted by molar-refractivity contribution is 0.0470. The first-order valence-corrected chi connectivity index (χ1v) is 7.94. The molecule has 2 aromatic rings. The highest BCUT2D eigenvalue weighted by molar-refractivity contribution is 7.99. The van der Waals surface area contributed by atoms with E-state index in [0.29, 0.717) is 5.56 Å². The summed E-state index contributed by atoms with van der Waals surface area (Å²) in [7, 11) is 0. The average Bonchev–Trinajstić information content (AvgIpc) is 2.54. The summed E-state index contributed by atoms with van der Waals surface area (Å²) in [6.07, 6.45) is 1.31. The zero-order chi connectivity index (χ0) is 17.7. The topological polar surface area (TPSA) is 56.3 Å². The Morgan fingerprint density at radius 2 is 1.96 bits per heavy atom. The van der Waals surface area contributed by atoms with Gasteiger partial charge in [0.1, 0.15) is 5.03 Å². The van der Waals surface area contributed by atoms with E-state index in [9.17, 15) is 18.4 Å². The van der Waals surface area contributed by atoms with Crippen LogP contribution in [0.2, 0.25) is 0 Å². The molecule has 0 spiro atoms. The van der Waals surface area contributed by atoms with E-state index in [-0.39, 0.29) is 28.1 Å². The third-order valence-corrected chi connectivity index (χ3v) is 3.95. The minimum absolute atomic E-state index is 0.0865. The van der Waals surface area contributed by atoms with Gasteiger partial charge < -0.3 is 4.74 Å². The maximum absolute atomic E-state index is 12.5. The summed E-state index contributed by atoms with van der Waals surface area (Å²) in [5, 5.41) is -0.128. The smallest absolute Gasteiger partial charge is 0.341 e. The zero-order valence-electron chi connectivity index (χ0n) is 13.1. The van der Waals surface area contributed by atoms with Crippen molar-refractivity contribution in [1.29, 1.82) is 0 Å². The quantitative estimate of drug-likeness (QED) is 0.446. The van der Waals surface area contributed by atoms with Crippen LogP contribution < -0.4 is 0 Å². The highest BCUT2D eigenvalue weighted by Gasteiger charge is 2.19. The lowest BCUT2D eigenvalue weighted by Crippen LogP contribution is -2.16. The summed E-state index contributed by atoms with van der Waals surface area (Å²) in [5.41, 5.74) is 2.07. The molecular formula is C17H15F2NO3S. The van der Waals surface area contributed by atoms with Gasteiger partial charge in [-0.2, -0.15) is 8.78 Å². The van der Waals surface area contributed by atoms with Gasteiger partial charge in [0, 0.05) is 11.8 Å². The van der Waals surface area contributed by atoms with Gasteiger partial charge >= 0.3 is 5.97 Å². The van der Waals surface area contributed by atoms with Crippen molar-refractivity contribution in [1.82, 2.24) is 4.98 Å². The molecule has 4 nitrogen and oxygen atoms in total. The van der Waals surface area contributed by atoms with Crippen LogP contribution >= 0.6 is 11.8 Å². The summed E-state index contributed by atoms with van der Waals surface area (Å²) in [5.74, 6) is -3.91. The Morgan fingerprint density at radius 3 is 2.67 bits per heavy atom. The van der Waals surface area contributed by atoms with E-state index in [1.54, 1.807) is 13.0 Å². The van der Waals surface area contributed by atoms with Gasteiger partial charge in [-0.25, -0.2) is 9.78 Å². The number of benzene rings is 1. The molecule has 0 atom stereocenters. The van der Waals surface area contributed by atoms with Gasteiger partial charge in [0.15, 0.2) is 6.61 Å². The molecule has 126 valence electrons. The van der Waals surface area contributed by atoms with E-state index in [0.717, 1.165) is 11.1 Å². The van der Waals surface area contributed by atoms with Gasteiger partial charge in [-0.05, 0) is 49.4 Å². The largest absolute Gasteiger partial charge is 0.454 e. The molecule has 24 heavy (non-hydrogen) atoms. The Bertz CT molecular complexity index is 765. The van der Waals surface area contributed by atoms with E-state index >= 15 is 0 Å². The second-order valence-electron chi connectivity index (χ2n) is 5.05. The molecule has 0 amide bonds. The molecule has 0 fully saturated rings. The van der Waals surface area contributed by atoms with E-state index in [4.69, 9.17) is 4.74 Å². The normalized spacial score (nSPS) is 10.7. The van der Waals surface area contributed by atoms with Crippen LogP contribution in [0.3, 0.4) is 0 Å². The number of thioether (sulfide) groups is 1. The maximum Gasteiger partial charge on any atom is 0.341 e. The lowest BCUT2D eigenvalue weighted by atomic mass is 10.0. The fourth-order valence-corrected chi connectivity index (χ4v) is 2.62. The molecule has 0 aliphatic carbocycles. The fourth-order valence-electron chi connectivity index (χ4n) is 2.05. The Kier molecular flexibility index (Phi) is 6.03. The first kappa shape index (κ1) is 18.1. The molecule has 7 heteroatoms. The SMILES string of the molecule is Cc1ccc(C)c(C(=O)COC(=O)c2cccnc2SC(F)F)c1. The number of halogens is 2. The first-order valence-electron chi connectivity index (χ1n) is 7.06. The summed E-state index contributed by atoms with van der Waals surface area (Å²) in [6.45, 7) is 3.18. The Labute approximate surface area is 142 Å². The maximum atomic E-state index is 12.5. The first-order chi connectivity index (χ1) is 11.4. The Hall–Kier alpha value is -2.28. The standard InChI is InChI=1S/C17H15F2NO3S/c1-10-5-6-11(2)13(8-10)14(21)9-23-16(22)12-4-3-7-20-15(12)24-17(18)19/h3-8,17H,9H2,1-2H3. The number of aromatic nitrogens is 1. The summed E-state index contributed by atoms with van der Waals surface area (Å²) < 4.78 is 30.0. The van der Waals surface area contributed by atoms with Gasteiger partial charge in [-0.3, -0.25) is 4.79 Å². The molecule has 0 aliphatic rings. The molecule has 0 saturated carbocycles. The molecule has 0 saturated heterocycles. The monoisotopic (exact) mass is 351 g/mol. The third kappa shape index (κ3) is 4.61. The number of ketones is 1. The number of alkyl halides is 2. The predicted octanol–water partition coefficient (Wildman–Crippen LogP) is 4.05. The number of rotatable bonds is 6. The van der Waals surface area contributed by atoms with Crippen LogP contribution in [-0.2, 0) is 4.74 Å². The van der Waals surface area contributed by atoms with Crippen LogP contribution in [-0.4, -0.2) is 29.1 Å². The average molecular weight is 351 g/mol. The molecule has 0 aliphatic heterocycles. The van der Waals surface area contributed by atoms with E-state index in [1.165, 1.54) is 18.3 Å². The molecular weight excluding hydrogens is 336 g/mol. The van der Waals surface area contributed by atoms with E-state index in [2.05, 4.69) is 4.98 Å². The molecule has 0 bridgehead atoms. The number of Topliss-reactive ketones (excluding diaryl/α,β-unsaturated/α-hetero) is 1. The lowest BCUT2D eigenvalue weighted by Gasteiger charge is -2.09. The number of aryl methyl sites for hydroxylation is 2. The highest BCUT2D eigenvalue weighted by atomic mass is 32.2. The second kappa shape index (κ2) is 8.01. The van der Waals surface area contributed by atoms with Crippen LogP contribution in [0, 0.1) is 13.8 Å². The van der Waals surface area contributed by atoms with Crippen molar-refractivity contribution in [3.8, 4) is 0 Å². The number of hydrogen-bond donors (Lipinski definition) is 0. The number of ether oxygens (including phenoxy) is 1. The van der Waals surface area contributed by atoms with Gasteiger partial charge in [-0.15, -0.1) is 0 Å². The molecule has 1 heterocycles. The van der Waals surface area contributed by atoms with Crippen molar-refractivity contribution < 1.29 is 23.1 Å². The minimum Gasteiger partial charge on any atom is -0.454 e. The highest BCUT2D eigenvalue weighted by Crippen LogP contribution is 2.26. The number of esters is 1. The van der Waals surface area contributed by atoms with Crippen molar-refractivity contribution in [2.45, 2.75) is 24.6 Å². The van der Waals surface area contributed by atoms with Gasteiger partial charge in [0.25, 0.3) is 5.76 Å². The number of carbonyl (C=O) groups is 2. The van der Waals surface area contributed by atoms with E-state index < -0.39 is 18.3 Å². The zero-order valence-corrected chi connectivity index (χ0v) is 13.9. The number of hydrogen-bond acceptors (Lipinski definition) is 5. The van der Waals surface area contributed by atoms with Crippen molar-refractivity contribution in [3.63, 3.8) is 0 Å². The van der Waals surface area contributed by atoms with Gasteiger partial charge in [-0.1, -0.05) is 17.7 Å². The van der Waals surface area contributed by atoms with Crippen LogP contribution in [0.1, 0.15) is 31.8 Å². The summed E-state index contributed by atoms with van der Waals surface area (Å²) in [6, 6.07) is 8.18. The molecule has 0 radical (unpaired) electrons. The number of pyridine rings is 1. The van der Waals surface area contributed by atoms with Crippen molar-refractivity contribution in [2.75, 3.05) is 6.61 Å². The van der Waals surface area contributed by atoms with Crippen molar-refractivity contribution >= 4 is 23.5 Å². The number of nitrogens with zero attached hydrogens (tertiary/aromatic N) is 1. The number of carbonyl (C=O) groups excluding carboxylic acids is 2. The fraction of sp³-hybridized carbons (Fsp3) is 0.235. The van der Waals surface area contributed by atoms with Gasteiger partial charge in [0.2, 0.25) is 5.78 Å². The van der Waals surface area contributed by atoms with Crippen molar-refractivity contribution in [2.24, 2.45) is 0 Å². The van der Waals surface area contributed by atoms with Crippen LogP contribution in [0.5, 0.6) is 0 Å². The van der Waals surface area contributed by atoms with Crippen molar-refractivity contribution in [3.05, 3.63) is 58.8 Å². The minimum atomic E-state index is -2.71. The summed E-state index contributed by atoms with van der Waals surface area (Å²) in [4.78, 5) is 28.0. The molecule has 1 aromatic carbocycles. The predicted molar refractivity (Wildman–Crippen MR) is 86.6 cm³/mol. The molecule has 1 aromatic heterocycles. The Morgan fingerprint density at radius 1 is 1.21 bits per heavy atom. The van der Waals surface area contributed by atoms with Crippen LogP contribution in [0.15, 0.2) is 41.6 Å². The molecule has 0 unspecified atom stereocenters. The van der Waals surface area contributed by atoms with Crippen LogP contribution in [0.25, 0.3) is 0 Å². The van der Waals surface area contributed by atoms with Crippen LogP contribution in [0.4, 0.5) is 8.78 Å². The summed E-state index contributed by atoms with van der Waals surface area (Å²) >= 11 is 0.158. The van der Waals surface area contributed by atoms with E-state index in [1.807, 2.05) is 19.1 Å². The van der Waals surface area contributed by atoms with Gasteiger partial charge in [0.05, 0.1) is 5.56 Å². The molecule has 2 rings (SSSR count). The molecule has 0 N–H and O–H groups in total. The second-order valence-corrected chi connectivity index (χ2v) is 6.03.